The molecule has 1 saturated heterocycles. The molecule has 1 rings (SSSR count). The molecule has 4 heteroatoms. The van der Waals surface area contributed by atoms with Gasteiger partial charge in [-0.1, -0.05) is 6.92 Å². The number of amides is 1. The minimum atomic E-state index is 0.162. The summed E-state index contributed by atoms with van der Waals surface area (Å²) in [6.07, 6.45) is 4.74. The first-order chi connectivity index (χ1) is 7.76. The van der Waals surface area contributed by atoms with Crippen molar-refractivity contribution in [2.75, 3.05) is 25.5 Å². The van der Waals surface area contributed by atoms with Crippen molar-refractivity contribution in [1.29, 1.82) is 0 Å². The molecule has 1 amide bonds. The molecule has 1 aliphatic rings. The van der Waals surface area contributed by atoms with Crippen molar-refractivity contribution in [3.05, 3.63) is 0 Å². The van der Waals surface area contributed by atoms with Crippen LogP contribution in [0.2, 0.25) is 0 Å². The summed E-state index contributed by atoms with van der Waals surface area (Å²) in [6.45, 7) is 5.63. The van der Waals surface area contributed by atoms with Crippen molar-refractivity contribution < 1.29 is 4.79 Å². The third kappa shape index (κ3) is 5.17. The Morgan fingerprint density at radius 2 is 2.12 bits per heavy atom. The predicted octanol–water partition coefficient (Wildman–Crippen LogP) is 2.00. The summed E-state index contributed by atoms with van der Waals surface area (Å²) in [5.74, 6) is 0.733. The number of hydrogen-bond acceptors (Lipinski definition) is 2. The maximum atomic E-state index is 11.5. The molecular formula is C12H23ClN2O. The zero-order valence-electron chi connectivity index (χ0n) is 10.2. The third-order valence-electron chi connectivity index (χ3n) is 3.03. The first-order valence-electron chi connectivity index (χ1n) is 6.34. The molecule has 16 heavy (non-hydrogen) atoms. The summed E-state index contributed by atoms with van der Waals surface area (Å²) >= 11 is 5.56. The topological polar surface area (TPSA) is 32.3 Å². The van der Waals surface area contributed by atoms with Crippen LogP contribution in [0.25, 0.3) is 0 Å². The number of carbonyl (C=O) groups is 1. The van der Waals surface area contributed by atoms with Crippen molar-refractivity contribution in [2.45, 2.75) is 45.1 Å². The monoisotopic (exact) mass is 246 g/mol. The molecule has 1 aliphatic heterocycles. The van der Waals surface area contributed by atoms with E-state index in [1.54, 1.807) is 0 Å². The van der Waals surface area contributed by atoms with Gasteiger partial charge in [-0.25, -0.2) is 0 Å². The van der Waals surface area contributed by atoms with E-state index in [-0.39, 0.29) is 5.91 Å². The number of nitrogens with one attached hydrogen (secondary N) is 1. The Morgan fingerprint density at radius 1 is 1.44 bits per heavy atom. The van der Waals surface area contributed by atoms with Crippen LogP contribution in [0.4, 0.5) is 0 Å². The number of nitrogens with zero attached hydrogens (tertiary/aromatic N) is 1. The van der Waals surface area contributed by atoms with Gasteiger partial charge in [0.25, 0.3) is 0 Å². The third-order valence-corrected chi connectivity index (χ3v) is 3.30. The van der Waals surface area contributed by atoms with Gasteiger partial charge >= 0.3 is 0 Å². The summed E-state index contributed by atoms with van der Waals surface area (Å²) in [7, 11) is 0. The van der Waals surface area contributed by atoms with Crippen LogP contribution in [0.1, 0.15) is 39.0 Å². The SMILES string of the molecule is CCCN1CCC(NC(=O)CCCCl)CC1. The minimum Gasteiger partial charge on any atom is -0.353 e. The van der Waals surface area contributed by atoms with Crippen molar-refractivity contribution in [2.24, 2.45) is 0 Å². The zero-order valence-corrected chi connectivity index (χ0v) is 10.9. The fraction of sp³-hybridized carbons (Fsp3) is 0.917. The van der Waals surface area contributed by atoms with Crippen LogP contribution in [0.15, 0.2) is 0 Å². The quantitative estimate of drug-likeness (QED) is 0.727. The molecule has 0 saturated carbocycles. The van der Waals surface area contributed by atoms with E-state index < -0.39 is 0 Å². The number of carbonyl (C=O) groups excluding carboxylic acids is 1. The van der Waals surface area contributed by atoms with Gasteiger partial charge in [-0.2, -0.15) is 0 Å². The second-order valence-corrected chi connectivity index (χ2v) is 4.85. The van der Waals surface area contributed by atoms with E-state index in [0.717, 1.165) is 32.4 Å². The number of halogens is 1. The van der Waals surface area contributed by atoms with Gasteiger partial charge in [0, 0.05) is 31.4 Å². The van der Waals surface area contributed by atoms with Gasteiger partial charge in [0.15, 0.2) is 0 Å². The summed E-state index contributed by atoms with van der Waals surface area (Å²) < 4.78 is 0. The number of likely N-dealkylation sites (tertiary alicyclic amines) is 1. The first kappa shape index (κ1) is 13.8. The predicted molar refractivity (Wildman–Crippen MR) is 67.8 cm³/mol. The lowest BCUT2D eigenvalue weighted by Gasteiger charge is -2.32. The normalized spacial score (nSPS) is 18.6. The fourth-order valence-electron chi connectivity index (χ4n) is 2.14. The van der Waals surface area contributed by atoms with Crippen molar-refractivity contribution in [1.82, 2.24) is 10.2 Å². The van der Waals surface area contributed by atoms with Crippen LogP contribution >= 0.6 is 11.6 Å². The lowest BCUT2D eigenvalue weighted by molar-refractivity contribution is -0.122. The fourth-order valence-corrected chi connectivity index (χ4v) is 2.28. The van der Waals surface area contributed by atoms with Gasteiger partial charge < -0.3 is 10.2 Å². The van der Waals surface area contributed by atoms with E-state index in [1.807, 2.05) is 0 Å². The molecule has 0 atom stereocenters. The van der Waals surface area contributed by atoms with Crippen LogP contribution in [0, 0.1) is 0 Å². The van der Waals surface area contributed by atoms with E-state index in [2.05, 4.69) is 17.1 Å². The second kappa shape index (κ2) is 7.91. The van der Waals surface area contributed by atoms with Crippen molar-refractivity contribution in [3.63, 3.8) is 0 Å². The molecule has 0 radical (unpaired) electrons. The zero-order chi connectivity index (χ0) is 11.8. The van der Waals surface area contributed by atoms with Gasteiger partial charge in [-0.05, 0) is 32.2 Å². The molecule has 1 N–H and O–H groups in total. The van der Waals surface area contributed by atoms with Crippen LogP contribution in [0.5, 0.6) is 0 Å². The smallest absolute Gasteiger partial charge is 0.220 e. The number of hydrogen-bond donors (Lipinski definition) is 1. The van der Waals surface area contributed by atoms with Gasteiger partial charge in [-0.3, -0.25) is 4.79 Å². The van der Waals surface area contributed by atoms with Gasteiger partial charge in [0.2, 0.25) is 5.91 Å². The Balaban J connectivity index is 2.14. The summed E-state index contributed by atoms with van der Waals surface area (Å²) in [6, 6.07) is 0.385. The van der Waals surface area contributed by atoms with Gasteiger partial charge in [-0.15, -0.1) is 11.6 Å². The summed E-state index contributed by atoms with van der Waals surface area (Å²) in [5, 5.41) is 3.09. The Morgan fingerprint density at radius 3 is 2.69 bits per heavy atom. The van der Waals surface area contributed by atoms with E-state index in [9.17, 15) is 4.79 Å². The molecule has 0 aromatic carbocycles. The number of rotatable bonds is 6. The standard InChI is InChI=1S/C12H23ClN2O/c1-2-8-15-9-5-11(6-10-15)14-12(16)4-3-7-13/h11H,2-10H2,1H3,(H,14,16). The Bertz CT molecular complexity index is 203. The Hall–Kier alpha value is -0.280. The molecule has 0 unspecified atom stereocenters. The molecule has 0 spiro atoms. The highest BCUT2D eigenvalue weighted by Crippen LogP contribution is 2.10. The lowest BCUT2D eigenvalue weighted by Crippen LogP contribution is -2.44. The average Bonchev–Trinajstić information content (AvgIpc) is 2.29. The molecule has 3 nitrogen and oxygen atoms in total. The van der Waals surface area contributed by atoms with E-state index >= 15 is 0 Å². The molecule has 1 fully saturated rings. The highest BCUT2D eigenvalue weighted by molar-refractivity contribution is 6.17. The van der Waals surface area contributed by atoms with Crippen molar-refractivity contribution in [3.8, 4) is 0 Å². The maximum absolute atomic E-state index is 11.5. The van der Waals surface area contributed by atoms with E-state index in [0.29, 0.717) is 18.3 Å². The summed E-state index contributed by atoms with van der Waals surface area (Å²) in [4.78, 5) is 14.0. The lowest BCUT2D eigenvalue weighted by atomic mass is 10.0. The molecule has 0 bridgehead atoms. The highest BCUT2D eigenvalue weighted by atomic mass is 35.5. The molecule has 0 aliphatic carbocycles. The highest BCUT2D eigenvalue weighted by Gasteiger charge is 2.19. The van der Waals surface area contributed by atoms with Crippen LogP contribution in [-0.2, 0) is 4.79 Å². The van der Waals surface area contributed by atoms with Crippen LogP contribution in [0.3, 0.4) is 0 Å². The largest absolute Gasteiger partial charge is 0.353 e. The van der Waals surface area contributed by atoms with E-state index in [1.165, 1.54) is 13.0 Å². The summed E-state index contributed by atoms with van der Waals surface area (Å²) in [5.41, 5.74) is 0. The Kier molecular flexibility index (Phi) is 6.81. The van der Waals surface area contributed by atoms with E-state index in [4.69, 9.17) is 11.6 Å². The molecule has 0 aromatic rings. The van der Waals surface area contributed by atoms with Gasteiger partial charge in [0.05, 0.1) is 0 Å². The molecule has 94 valence electrons. The molecular weight excluding hydrogens is 224 g/mol. The molecule has 0 aromatic heterocycles. The number of alkyl halides is 1. The Labute approximate surface area is 104 Å². The van der Waals surface area contributed by atoms with Gasteiger partial charge in [0.1, 0.15) is 0 Å². The second-order valence-electron chi connectivity index (χ2n) is 4.48. The van der Waals surface area contributed by atoms with Crippen LogP contribution in [-0.4, -0.2) is 42.4 Å². The van der Waals surface area contributed by atoms with Crippen molar-refractivity contribution >= 4 is 17.5 Å². The van der Waals surface area contributed by atoms with Crippen LogP contribution < -0.4 is 5.32 Å². The maximum Gasteiger partial charge on any atom is 0.220 e. The number of piperidine rings is 1. The average molecular weight is 247 g/mol. The minimum absolute atomic E-state index is 0.162. The first-order valence-corrected chi connectivity index (χ1v) is 6.87. The molecule has 1 heterocycles.